The molecule has 0 radical (unpaired) electrons. The molecule has 0 aliphatic carbocycles. The van der Waals surface area contributed by atoms with Gasteiger partial charge >= 0.3 is 0 Å². The van der Waals surface area contributed by atoms with Gasteiger partial charge < -0.3 is 14.8 Å². The highest BCUT2D eigenvalue weighted by Gasteiger charge is 2.25. The molecule has 0 aromatic heterocycles. The molecule has 0 saturated heterocycles. The molecule has 1 aliphatic heterocycles. The van der Waals surface area contributed by atoms with Crippen LogP contribution in [0.25, 0.3) is 0 Å². The van der Waals surface area contributed by atoms with Crippen molar-refractivity contribution in [1.82, 2.24) is 5.32 Å². The van der Waals surface area contributed by atoms with E-state index in [1.165, 1.54) is 5.56 Å². The lowest BCUT2D eigenvalue weighted by atomic mass is 9.98. The number of nitrogens with one attached hydrogen (secondary N) is 1. The van der Waals surface area contributed by atoms with Gasteiger partial charge in [-0.3, -0.25) is 4.79 Å². The van der Waals surface area contributed by atoms with Crippen LogP contribution in [0.15, 0.2) is 42.5 Å². The fraction of sp³-hybridized carbons (Fsp3) is 0.409. The van der Waals surface area contributed by atoms with E-state index in [2.05, 4.69) is 25.2 Å². The monoisotopic (exact) mass is 353 g/mol. The Hall–Kier alpha value is -2.49. The number of fused-ring (bicyclic) bond motifs is 1. The van der Waals surface area contributed by atoms with Gasteiger partial charge in [-0.1, -0.05) is 43.7 Å². The first-order valence-corrected chi connectivity index (χ1v) is 9.24. The molecule has 1 heterocycles. The highest BCUT2D eigenvalue weighted by Crippen LogP contribution is 2.32. The third-order valence-corrected chi connectivity index (χ3v) is 4.75. The average molecular weight is 353 g/mol. The SMILES string of the molecule is Cc1ccc2c(c1)C(NC(=O)C(C)Oc1ccc(C(C)C)cc1)CCO2. The van der Waals surface area contributed by atoms with Crippen molar-refractivity contribution >= 4 is 5.91 Å². The van der Waals surface area contributed by atoms with Gasteiger partial charge in [-0.2, -0.15) is 0 Å². The quantitative estimate of drug-likeness (QED) is 0.859. The van der Waals surface area contributed by atoms with Crippen molar-refractivity contribution in [1.29, 1.82) is 0 Å². The van der Waals surface area contributed by atoms with E-state index in [0.29, 0.717) is 18.3 Å². The number of benzene rings is 2. The average Bonchev–Trinajstić information content (AvgIpc) is 2.62. The first-order valence-electron chi connectivity index (χ1n) is 9.24. The molecular formula is C22H27NO3. The summed E-state index contributed by atoms with van der Waals surface area (Å²) in [7, 11) is 0. The van der Waals surface area contributed by atoms with Gasteiger partial charge in [0.05, 0.1) is 12.6 Å². The first-order chi connectivity index (χ1) is 12.4. The first kappa shape index (κ1) is 18.3. The zero-order chi connectivity index (χ0) is 18.7. The maximum absolute atomic E-state index is 12.6. The number of carbonyl (C=O) groups is 1. The molecule has 1 amide bonds. The Labute approximate surface area is 155 Å². The molecule has 0 bridgehead atoms. The standard InChI is InChI=1S/C22H27NO3/c1-14(2)17-6-8-18(9-7-17)26-16(4)22(24)23-20-11-12-25-21-10-5-15(3)13-19(20)21/h5-10,13-14,16,20H,11-12H2,1-4H3,(H,23,24). The lowest BCUT2D eigenvalue weighted by Crippen LogP contribution is -2.40. The van der Waals surface area contributed by atoms with E-state index in [1.807, 2.05) is 43.3 Å². The fourth-order valence-corrected chi connectivity index (χ4v) is 3.14. The Bertz CT molecular complexity index is 767. The summed E-state index contributed by atoms with van der Waals surface area (Å²) in [5.74, 6) is 1.92. The van der Waals surface area contributed by atoms with Gasteiger partial charge in [0, 0.05) is 12.0 Å². The molecule has 0 fully saturated rings. The van der Waals surface area contributed by atoms with E-state index in [4.69, 9.17) is 9.47 Å². The second kappa shape index (κ2) is 7.81. The lowest BCUT2D eigenvalue weighted by molar-refractivity contribution is -0.128. The Kier molecular flexibility index (Phi) is 5.50. The molecule has 1 N–H and O–H groups in total. The molecule has 4 nitrogen and oxygen atoms in total. The van der Waals surface area contributed by atoms with E-state index in [9.17, 15) is 4.79 Å². The van der Waals surface area contributed by atoms with Crippen molar-refractivity contribution in [2.45, 2.75) is 52.2 Å². The minimum Gasteiger partial charge on any atom is -0.493 e. The molecule has 2 aromatic carbocycles. The summed E-state index contributed by atoms with van der Waals surface area (Å²) >= 11 is 0. The van der Waals surface area contributed by atoms with Crippen molar-refractivity contribution in [3.63, 3.8) is 0 Å². The van der Waals surface area contributed by atoms with Gasteiger partial charge in [-0.15, -0.1) is 0 Å². The highest BCUT2D eigenvalue weighted by molar-refractivity contribution is 5.81. The van der Waals surface area contributed by atoms with Gasteiger partial charge in [-0.25, -0.2) is 0 Å². The van der Waals surface area contributed by atoms with E-state index >= 15 is 0 Å². The van der Waals surface area contributed by atoms with Gasteiger partial charge in [-0.05, 0) is 43.5 Å². The molecule has 4 heteroatoms. The minimum absolute atomic E-state index is 0.0412. The van der Waals surface area contributed by atoms with Crippen molar-refractivity contribution in [2.75, 3.05) is 6.61 Å². The minimum atomic E-state index is -0.559. The van der Waals surface area contributed by atoms with E-state index in [1.54, 1.807) is 6.92 Å². The zero-order valence-corrected chi connectivity index (χ0v) is 15.9. The molecule has 1 aliphatic rings. The van der Waals surface area contributed by atoms with Crippen LogP contribution < -0.4 is 14.8 Å². The molecule has 26 heavy (non-hydrogen) atoms. The maximum Gasteiger partial charge on any atom is 0.261 e. The number of hydrogen-bond acceptors (Lipinski definition) is 3. The summed E-state index contributed by atoms with van der Waals surface area (Å²) in [4.78, 5) is 12.6. The van der Waals surface area contributed by atoms with Crippen LogP contribution >= 0.6 is 0 Å². The van der Waals surface area contributed by atoms with Crippen LogP contribution in [0.4, 0.5) is 0 Å². The number of ether oxygens (including phenoxy) is 2. The zero-order valence-electron chi connectivity index (χ0n) is 15.9. The van der Waals surface area contributed by atoms with Gasteiger partial charge in [0.15, 0.2) is 6.10 Å². The molecule has 3 rings (SSSR count). The summed E-state index contributed by atoms with van der Waals surface area (Å²) in [5.41, 5.74) is 3.45. The second-order valence-electron chi connectivity index (χ2n) is 7.22. The van der Waals surface area contributed by atoms with Crippen LogP contribution in [-0.4, -0.2) is 18.6 Å². The van der Waals surface area contributed by atoms with Crippen LogP contribution in [0.3, 0.4) is 0 Å². The van der Waals surface area contributed by atoms with Crippen LogP contribution in [-0.2, 0) is 4.79 Å². The number of carbonyl (C=O) groups excluding carboxylic acids is 1. The van der Waals surface area contributed by atoms with E-state index in [-0.39, 0.29) is 11.9 Å². The van der Waals surface area contributed by atoms with Crippen molar-refractivity contribution in [3.8, 4) is 11.5 Å². The number of aryl methyl sites for hydroxylation is 1. The second-order valence-corrected chi connectivity index (χ2v) is 7.22. The molecule has 2 aromatic rings. The summed E-state index contributed by atoms with van der Waals surface area (Å²) in [6.07, 6.45) is 0.203. The van der Waals surface area contributed by atoms with E-state index < -0.39 is 6.10 Å². The molecular weight excluding hydrogens is 326 g/mol. The largest absolute Gasteiger partial charge is 0.493 e. The van der Waals surface area contributed by atoms with Gasteiger partial charge in [0.25, 0.3) is 5.91 Å². The number of amides is 1. The van der Waals surface area contributed by atoms with Crippen LogP contribution in [0, 0.1) is 6.92 Å². The third-order valence-electron chi connectivity index (χ3n) is 4.75. The Balaban J connectivity index is 1.64. The maximum atomic E-state index is 12.6. The topological polar surface area (TPSA) is 47.6 Å². The van der Waals surface area contributed by atoms with Crippen molar-refractivity contribution in [3.05, 3.63) is 59.2 Å². The molecule has 0 saturated carbocycles. The summed E-state index contributed by atoms with van der Waals surface area (Å²) in [5, 5.41) is 3.11. The predicted molar refractivity (Wildman–Crippen MR) is 103 cm³/mol. The van der Waals surface area contributed by atoms with Crippen molar-refractivity contribution < 1.29 is 14.3 Å². The predicted octanol–water partition coefficient (Wildman–Crippen LogP) is 4.53. The van der Waals surface area contributed by atoms with Crippen LogP contribution in [0.1, 0.15) is 55.8 Å². The summed E-state index contributed by atoms with van der Waals surface area (Å²) in [6.45, 7) is 8.73. The third kappa shape index (κ3) is 4.18. The molecule has 0 spiro atoms. The van der Waals surface area contributed by atoms with Crippen molar-refractivity contribution in [2.24, 2.45) is 0 Å². The number of hydrogen-bond donors (Lipinski definition) is 1. The fourth-order valence-electron chi connectivity index (χ4n) is 3.14. The number of rotatable bonds is 5. The van der Waals surface area contributed by atoms with Crippen LogP contribution in [0.5, 0.6) is 11.5 Å². The molecule has 2 atom stereocenters. The molecule has 138 valence electrons. The Morgan fingerprint density at radius 1 is 1.15 bits per heavy atom. The smallest absolute Gasteiger partial charge is 0.261 e. The lowest BCUT2D eigenvalue weighted by Gasteiger charge is -2.28. The Morgan fingerprint density at radius 2 is 1.88 bits per heavy atom. The van der Waals surface area contributed by atoms with Gasteiger partial charge in [0.1, 0.15) is 11.5 Å². The van der Waals surface area contributed by atoms with E-state index in [0.717, 1.165) is 23.3 Å². The normalized spacial score (nSPS) is 17.2. The van der Waals surface area contributed by atoms with Gasteiger partial charge in [0.2, 0.25) is 0 Å². The molecule has 2 unspecified atom stereocenters. The Morgan fingerprint density at radius 3 is 2.58 bits per heavy atom. The van der Waals surface area contributed by atoms with Crippen LogP contribution in [0.2, 0.25) is 0 Å². The summed E-state index contributed by atoms with van der Waals surface area (Å²) < 4.78 is 11.5. The highest BCUT2D eigenvalue weighted by atomic mass is 16.5. The summed E-state index contributed by atoms with van der Waals surface area (Å²) in [6, 6.07) is 14.0.